The molecule has 0 amide bonds. The fourth-order valence-electron chi connectivity index (χ4n) is 3.14. The summed E-state index contributed by atoms with van der Waals surface area (Å²) in [6.45, 7) is 0. The number of hydrogen-bond acceptors (Lipinski definition) is 0. The van der Waals surface area contributed by atoms with Gasteiger partial charge >= 0.3 is 25.8 Å². The number of halogens is 4. The topological polar surface area (TPSA) is 0 Å². The van der Waals surface area contributed by atoms with Crippen LogP contribution in [-0.2, 0) is 25.8 Å². The van der Waals surface area contributed by atoms with Crippen LogP contribution >= 0.6 is 0 Å². The molecule has 1 aliphatic heterocycles. The molecule has 2 aromatic rings. The molecule has 1 saturated heterocycles. The van der Waals surface area contributed by atoms with E-state index >= 15 is 0 Å². The van der Waals surface area contributed by atoms with Gasteiger partial charge in [-0.25, -0.2) is 8.78 Å². The maximum atomic E-state index is 12.8. The van der Waals surface area contributed by atoms with E-state index in [0.717, 1.165) is 35.1 Å². The van der Waals surface area contributed by atoms with Crippen LogP contribution in [0.4, 0.5) is 8.78 Å². The molecule has 0 unspecified atom stereocenters. The van der Waals surface area contributed by atoms with Gasteiger partial charge in [0.2, 0.25) is 0 Å². The van der Waals surface area contributed by atoms with E-state index in [4.69, 9.17) is 0 Å². The molecular weight excluding hydrogens is 628 g/mol. The van der Waals surface area contributed by atoms with Gasteiger partial charge in [-0.15, -0.1) is 35.4 Å². The van der Waals surface area contributed by atoms with Crippen LogP contribution in [0, 0.1) is 23.8 Å². The molecule has 0 atom stereocenters. The molecule has 32 heavy (non-hydrogen) atoms. The Morgan fingerprint density at radius 3 is 1.41 bits per heavy atom. The van der Waals surface area contributed by atoms with Crippen molar-refractivity contribution in [2.45, 2.75) is 37.8 Å². The van der Waals surface area contributed by atoms with Gasteiger partial charge < -0.3 is 24.8 Å². The molecule has 0 nitrogen and oxygen atoms in total. The van der Waals surface area contributed by atoms with E-state index in [1.54, 1.807) is 12.1 Å². The summed E-state index contributed by atoms with van der Waals surface area (Å²) in [7, 11) is 1.31. The zero-order valence-corrected chi connectivity index (χ0v) is 23.8. The van der Waals surface area contributed by atoms with E-state index < -0.39 is 0 Å². The SMILES string of the molecule is C1CC[Si]C1.Fc1cccc(C2=[C-]CC=C2)c1.Fc1cccc(C2=[C-]CC=C2)c1.[Cl-].[Cl-].[Hf+4]. The number of hydrogen-bond donors (Lipinski definition) is 0. The van der Waals surface area contributed by atoms with E-state index in [2.05, 4.69) is 12.2 Å². The maximum absolute atomic E-state index is 12.8. The normalized spacial score (nSPS) is 14.9. The summed E-state index contributed by atoms with van der Waals surface area (Å²) in [5.74, 6) is -0.385. The minimum Gasteiger partial charge on any atom is -1.00 e. The predicted molar refractivity (Wildman–Crippen MR) is 118 cm³/mol. The molecule has 164 valence electrons. The van der Waals surface area contributed by atoms with Crippen LogP contribution < -0.4 is 24.8 Å². The van der Waals surface area contributed by atoms with Gasteiger partial charge in [0.15, 0.2) is 0 Å². The van der Waals surface area contributed by atoms with Gasteiger partial charge in [0.05, 0.1) is 0 Å². The van der Waals surface area contributed by atoms with Crippen LogP contribution in [-0.4, -0.2) is 9.52 Å². The summed E-state index contributed by atoms with van der Waals surface area (Å²) in [6, 6.07) is 16.2. The Labute approximate surface area is 224 Å². The van der Waals surface area contributed by atoms with E-state index in [0.29, 0.717) is 0 Å². The molecule has 3 aliphatic rings. The van der Waals surface area contributed by atoms with Crippen molar-refractivity contribution in [1.29, 1.82) is 0 Å². The van der Waals surface area contributed by atoms with Crippen molar-refractivity contribution in [3.8, 4) is 0 Å². The minimum absolute atomic E-state index is 0. The van der Waals surface area contributed by atoms with E-state index in [1.807, 2.05) is 36.4 Å². The second-order valence-corrected chi connectivity index (χ2v) is 8.37. The second-order valence-electron chi connectivity index (χ2n) is 6.87. The van der Waals surface area contributed by atoms with Gasteiger partial charge in [0, 0.05) is 9.52 Å². The summed E-state index contributed by atoms with van der Waals surface area (Å²) >= 11 is 0. The smallest absolute Gasteiger partial charge is 1.00 e. The number of benzene rings is 2. The van der Waals surface area contributed by atoms with Crippen molar-refractivity contribution < 1.29 is 59.4 Å². The Hall–Kier alpha value is -1.07. The van der Waals surface area contributed by atoms with Crippen molar-refractivity contribution in [3.63, 3.8) is 0 Å². The zero-order valence-electron chi connectivity index (χ0n) is 17.7. The third-order valence-corrected chi connectivity index (χ3v) is 6.03. The van der Waals surface area contributed by atoms with Gasteiger partial charge in [-0.2, -0.15) is 35.5 Å². The molecule has 0 saturated carbocycles. The van der Waals surface area contributed by atoms with Crippen LogP contribution in [0.2, 0.25) is 12.1 Å². The quantitative estimate of drug-likeness (QED) is 0.339. The molecular formula is C26H24Cl2F2HfSi. The first-order valence-electron chi connectivity index (χ1n) is 10.00. The van der Waals surface area contributed by atoms with Gasteiger partial charge in [0.25, 0.3) is 0 Å². The van der Waals surface area contributed by atoms with Crippen molar-refractivity contribution in [2.75, 3.05) is 0 Å². The van der Waals surface area contributed by atoms with Crippen molar-refractivity contribution in [2.24, 2.45) is 0 Å². The molecule has 1 fully saturated rings. The fourth-order valence-corrected chi connectivity index (χ4v) is 4.39. The van der Waals surface area contributed by atoms with Crippen LogP contribution in [0.15, 0.2) is 72.8 Å². The summed E-state index contributed by atoms with van der Waals surface area (Å²) in [6.07, 6.45) is 18.9. The van der Waals surface area contributed by atoms with E-state index in [-0.39, 0.29) is 62.3 Å². The first kappa shape index (κ1) is 30.9. The monoisotopic (exact) mass is 652 g/mol. The summed E-state index contributed by atoms with van der Waals surface area (Å²) in [5, 5.41) is 0. The van der Waals surface area contributed by atoms with Gasteiger partial charge in [-0.1, -0.05) is 62.0 Å². The number of rotatable bonds is 2. The van der Waals surface area contributed by atoms with Crippen molar-refractivity contribution in [1.82, 2.24) is 0 Å². The van der Waals surface area contributed by atoms with E-state index in [9.17, 15) is 8.78 Å². The predicted octanol–water partition coefficient (Wildman–Crippen LogP) is 1.27. The van der Waals surface area contributed by atoms with Gasteiger partial charge in [0.1, 0.15) is 11.6 Å². The molecule has 0 N–H and O–H groups in total. The van der Waals surface area contributed by atoms with E-state index in [1.165, 1.54) is 58.7 Å². The molecule has 5 rings (SSSR count). The van der Waals surface area contributed by atoms with Gasteiger partial charge in [-0.3, -0.25) is 0 Å². The Balaban J connectivity index is 0.000000460. The molecule has 0 bridgehead atoms. The van der Waals surface area contributed by atoms with Crippen LogP contribution in [0.25, 0.3) is 11.1 Å². The Bertz CT molecular complexity index is 856. The summed E-state index contributed by atoms with van der Waals surface area (Å²) in [4.78, 5) is 0. The zero-order chi connectivity index (χ0) is 20.3. The standard InChI is InChI=1S/2C11H8F.C4H8Si.2ClH.Hf/c2*12-11-7-3-6-10(8-11)9-4-1-2-5-9;1-2-4-5-3-1;;;/h2*1,3-4,6-8H,2H2;1-4H2;2*1H;/q2*-1;;;;+4/p-2. The largest absolute Gasteiger partial charge is 4.00 e. The molecule has 2 aliphatic carbocycles. The third-order valence-electron chi connectivity index (χ3n) is 4.62. The Morgan fingerprint density at radius 1 is 0.688 bits per heavy atom. The van der Waals surface area contributed by atoms with Gasteiger partial charge in [-0.05, 0) is 12.1 Å². The second kappa shape index (κ2) is 17.4. The molecule has 2 aromatic carbocycles. The summed E-state index contributed by atoms with van der Waals surface area (Å²) < 4.78 is 25.5. The average molecular weight is 652 g/mol. The molecule has 1 heterocycles. The van der Waals surface area contributed by atoms with Crippen LogP contribution in [0.3, 0.4) is 0 Å². The van der Waals surface area contributed by atoms with Crippen LogP contribution in [0.1, 0.15) is 36.8 Å². The maximum Gasteiger partial charge on any atom is 4.00 e. The summed E-state index contributed by atoms with van der Waals surface area (Å²) in [5.41, 5.74) is 3.80. The van der Waals surface area contributed by atoms with Crippen LogP contribution in [0.5, 0.6) is 0 Å². The average Bonchev–Trinajstić information content (AvgIpc) is 3.54. The third kappa shape index (κ3) is 10.7. The number of allylic oxidation sites excluding steroid dienone is 8. The Kier molecular flexibility index (Phi) is 16.8. The van der Waals surface area contributed by atoms with Crippen molar-refractivity contribution >= 4 is 20.7 Å². The Morgan fingerprint density at radius 2 is 1.12 bits per heavy atom. The first-order chi connectivity index (χ1) is 14.2. The molecule has 2 radical (unpaired) electrons. The molecule has 0 aromatic heterocycles. The molecule has 6 heteroatoms. The van der Waals surface area contributed by atoms with Crippen molar-refractivity contribution in [3.05, 3.63) is 108 Å². The minimum atomic E-state index is -0.192. The molecule has 0 spiro atoms. The first-order valence-corrected chi connectivity index (χ1v) is 11.4. The fraction of sp³-hybridized carbons (Fsp3) is 0.231.